The molecule has 6 heteroatoms. The van der Waals surface area contributed by atoms with Gasteiger partial charge in [0.25, 0.3) is 0 Å². The fourth-order valence-electron chi connectivity index (χ4n) is 1.91. The van der Waals surface area contributed by atoms with Crippen LogP contribution in [0.15, 0.2) is 47.1 Å². The summed E-state index contributed by atoms with van der Waals surface area (Å²) in [6.07, 6.45) is 1.54. The minimum atomic E-state index is 0.211. The number of rotatable bonds is 3. The summed E-state index contributed by atoms with van der Waals surface area (Å²) < 4.78 is 12.1. The topological polar surface area (TPSA) is 76.9 Å². The number of methoxy groups -OCH3 is 1. The lowest BCUT2D eigenvalue weighted by molar-refractivity contribution is 0.414. The molecule has 0 spiro atoms. The predicted octanol–water partition coefficient (Wildman–Crippen LogP) is 2.41. The highest BCUT2D eigenvalue weighted by atomic mass is 16.5. The van der Waals surface area contributed by atoms with Crippen molar-refractivity contribution in [2.45, 2.75) is 0 Å². The second-order valence-electron chi connectivity index (χ2n) is 3.99. The molecule has 0 aliphatic carbocycles. The molecule has 0 bridgehead atoms. The third-order valence-corrected chi connectivity index (χ3v) is 2.83. The summed E-state index contributed by atoms with van der Waals surface area (Å²) in [6, 6.07) is 12.9. The minimum absolute atomic E-state index is 0.211. The van der Waals surface area contributed by atoms with Gasteiger partial charge in [-0.05, 0) is 24.3 Å². The summed E-state index contributed by atoms with van der Waals surface area (Å²) in [4.78, 5) is 0. The van der Waals surface area contributed by atoms with Crippen LogP contribution in [-0.2, 0) is 0 Å². The van der Waals surface area contributed by atoms with Gasteiger partial charge >= 0.3 is 0 Å². The fraction of sp³-hybridized carbons (Fsp3) is 0.0714. The van der Waals surface area contributed by atoms with Crippen molar-refractivity contribution in [3.8, 4) is 29.0 Å². The van der Waals surface area contributed by atoms with Crippen LogP contribution >= 0.6 is 0 Å². The molecule has 2 aromatic heterocycles. The molecular weight excluding hydrogens is 256 g/mol. The highest BCUT2D eigenvalue weighted by Gasteiger charge is 2.18. The van der Waals surface area contributed by atoms with Gasteiger partial charge in [-0.1, -0.05) is 11.3 Å². The van der Waals surface area contributed by atoms with Gasteiger partial charge in [0, 0.05) is 6.07 Å². The number of furan rings is 1. The fourth-order valence-corrected chi connectivity index (χ4v) is 1.91. The molecule has 3 aromatic rings. The van der Waals surface area contributed by atoms with Crippen molar-refractivity contribution >= 4 is 0 Å². The number of benzene rings is 1. The molecule has 0 fully saturated rings. The van der Waals surface area contributed by atoms with Crippen molar-refractivity contribution in [2.24, 2.45) is 0 Å². The smallest absolute Gasteiger partial charge is 0.194 e. The Morgan fingerprint density at radius 1 is 1.30 bits per heavy atom. The predicted molar refractivity (Wildman–Crippen MR) is 70.3 cm³/mol. The van der Waals surface area contributed by atoms with Crippen molar-refractivity contribution in [3.05, 3.63) is 48.4 Å². The Balaban J connectivity index is 2.20. The van der Waals surface area contributed by atoms with Gasteiger partial charge in [-0.15, -0.1) is 5.10 Å². The van der Waals surface area contributed by atoms with E-state index in [4.69, 9.17) is 14.4 Å². The molecule has 0 atom stereocenters. The molecule has 3 rings (SSSR count). The number of nitriles is 1. The third-order valence-electron chi connectivity index (χ3n) is 2.83. The molecule has 20 heavy (non-hydrogen) atoms. The van der Waals surface area contributed by atoms with Gasteiger partial charge in [0.05, 0.1) is 19.1 Å². The second kappa shape index (κ2) is 4.90. The van der Waals surface area contributed by atoms with Gasteiger partial charge in [-0.2, -0.15) is 5.26 Å². The van der Waals surface area contributed by atoms with E-state index in [1.54, 1.807) is 30.2 Å². The first-order valence-electron chi connectivity index (χ1n) is 5.87. The van der Waals surface area contributed by atoms with E-state index in [9.17, 15) is 0 Å². The van der Waals surface area contributed by atoms with E-state index in [2.05, 4.69) is 10.3 Å². The van der Waals surface area contributed by atoms with E-state index in [0.29, 0.717) is 17.2 Å². The standard InChI is InChI=1S/C14H10N4O2/c1-19-11-5-2-4-10(8-11)18-14(12(9-15)16-17-18)13-6-3-7-20-13/h2-8H,1H3. The Morgan fingerprint density at radius 2 is 2.20 bits per heavy atom. The molecule has 0 amide bonds. The van der Waals surface area contributed by atoms with Gasteiger partial charge in [0.2, 0.25) is 0 Å². The molecular formula is C14H10N4O2. The van der Waals surface area contributed by atoms with Crippen LogP contribution in [0.2, 0.25) is 0 Å². The molecule has 0 unspecified atom stereocenters. The molecule has 0 radical (unpaired) electrons. The average molecular weight is 266 g/mol. The largest absolute Gasteiger partial charge is 0.497 e. The van der Waals surface area contributed by atoms with Crippen LogP contribution in [0.4, 0.5) is 0 Å². The number of nitrogens with zero attached hydrogens (tertiary/aromatic N) is 4. The summed E-state index contributed by atoms with van der Waals surface area (Å²) >= 11 is 0. The zero-order valence-electron chi connectivity index (χ0n) is 10.6. The molecule has 0 saturated heterocycles. The lowest BCUT2D eigenvalue weighted by Gasteiger charge is -2.06. The van der Waals surface area contributed by atoms with E-state index in [0.717, 1.165) is 5.69 Å². The Bertz CT molecular complexity index is 769. The Labute approximate surface area is 114 Å². The molecule has 0 saturated carbocycles. The Kier molecular flexibility index (Phi) is 2.94. The van der Waals surface area contributed by atoms with Crippen LogP contribution in [0.25, 0.3) is 17.1 Å². The summed E-state index contributed by atoms with van der Waals surface area (Å²) in [5, 5.41) is 17.0. The first-order chi connectivity index (χ1) is 9.83. The van der Waals surface area contributed by atoms with Crippen LogP contribution in [0, 0.1) is 11.3 Å². The molecule has 2 heterocycles. The minimum Gasteiger partial charge on any atom is -0.497 e. The molecule has 0 aliphatic heterocycles. The molecule has 0 N–H and O–H groups in total. The van der Waals surface area contributed by atoms with E-state index in [1.807, 2.05) is 30.3 Å². The van der Waals surface area contributed by atoms with Gasteiger partial charge < -0.3 is 9.15 Å². The highest BCUT2D eigenvalue weighted by Crippen LogP contribution is 2.26. The second-order valence-corrected chi connectivity index (χ2v) is 3.99. The van der Waals surface area contributed by atoms with Gasteiger partial charge in [0.15, 0.2) is 11.5 Å². The van der Waals surface area contributed by atoms with E-state index in [1.165, 1.54) is 0 Å². The van der Waals surface area contributed by atoms with Gasteiger partial charge in [-0.25, -0.2) is 4.68 Å². The van der Waals surface area contributed by atoms with E-state index >= 15 is 0 Å². The lowest BCUT2D eigenvalue weighted by atomic mass is 10.2. The number of ether oxygens (including phenoxy) is 1. The monoisotopic (exact) mass is 266 g/mol. The molecule has 98 valence electrons. The summed E-state index contributed by atoms with van der Waals surface area (Å²) in [5.74, 6) is 1.23. The molecule has 0 aliphatic rings. The Morgan fingerprint density at radius 3 is 2.90 bits per heavy atom. The summed E-state index contributed by atoms with van der Waals surface area (Å²) in [5.41, 5.74) is 1.47. The van der Waals surface area contributed by atoms with Crippen molar-refractivity contribution in [3.63, 3.8) is 0 Å². The third kappa shape index (κ3) is 1.91. The summed E-state index contributed by atoms with van der Waals surface area (Å²) in [7, 11) is 1.59. The highest BCUT2D eigenvalue weighted by molar-refractivity contribution is 5.62. The normalized spacial score (nSPS) is 10.2. The van der Waals surface area contributed by atoms with Crippen LogP contribution in [0.1, 0.15) is 5.69 Å². The van der Waals surface area contributed by atoms with Crippen molar-refractivity contribution in [1.82, 2.24) is 15.0 Å². The van der Waals surface area contributed by atoms with Crippen LogP contribution in [0.5, 0.6) is 5.75 Å². The first kappa shape index (κ1) is 12.0. The lowest BCUT2D eigenvalue weighted by Crippen LogP contribution is -1.99. The maximum absolute atomic E-state index is 9.15. The number of hydrogen-bond donors (Lipinski definition) is 0. The van der Waals surface area contributed by atoms with Crippen molar-refractivity contribution < 1.29 is 9.15 Å². The van der Waals surface area contributed by atoms with Crippen LogP contribution in [0.3, 0.4) is 0 Å². The van der Waals surface area contributed by atoms with E-state index in [-0.39, 0.29) is 5.69 Å². The van der Waals surface area contributed by atoms with Crippen LogP contribution < -0.4 is 4.74 Å². The van der Waals surface area contributed by atoms with Crippen LogP contribution in [-0.4, -0.2) is 22.1 Å². The summed E-state index contributed by atoms with van der Waals surface area (Å²) in [6.45, 7) is 0. The Hall–Kier alpha value is -3.07. The zero-order valence-corrected chi connectivity index (χ0v) is 10.6. The zero-order chi connectivity index (χ0) is 13.9. The van der Waals surface area contributed by atoms with Gasteiger partial charge in [-0.3, -0.25) is 0 Å². The van der Waals surface area contributed by atoms with E-state index < -0.39 is 0 Å². The maximum Gasteiger partial charge on any atom is 0.194 e. The SMILES string of the molecule is COc1cccc(-n2nnc(C#N)c2-c2ccco2)c1. The van der Waals surface area contributed by atoms with Gasteiger partial charge in [0.1, 0.15) is 17.5 Å². The molecule has 1 aromatic carbocycles. The molecule has 6 nitrogen and oxygen atoms in total. The first-order valence-corrected chi connectivity index (χ1v) is 5.87. The quantitative estimate of drug-likeness (QED) is 0.727. The van der Waals surface area contributed by atoms with Crippen molar-refractivity contribution in [2.75, 3.05) is 7.11 Å². The average Bonchev–Trinajstić information content (AvgIpc) is 3.15. The maximum atomic E-state index is 9.15. The van der Waals surface area contributed by atoms with Crippen molar-refractivity contribution in [1.29, 1.82) is 5.26 Å². The number of hydrogen-bond acceptors (Lipinski definition) is 5. The number of aromatic nitrogens is 3.